The Morgan fingerprint density at radius 2 is 2.19 bits per heavy atom. The quantitative estimate of drug-likeness (QED) is 0.906. The number of amides is 1. The monoisotopic (exact) mass is 362 g/mol. The fraction of sp³-hybridized carbons (Fsp3) is 0.333. The average molecular weight is 362 g/mol. The Morgan fingerprint density at radius 1 is 1.30 bits per heavy atom. The van der Waals surface area contributed by atoms with E-state index in [9.17, 15) is 9.59 Å². The van der Waals surface area contributed by atoms with E-state index < -0.39 is 0 Å². The second-order valence-electron chi connectivity index (χ2n) is 7.23. The second-order valence-corrected chi connectivity index (χ2v) is 7.23. The zero-order valence-corrected chi connectivity index (χ0v) is 15.3. The number of carbonyl (C=O) groups excluding carboxylic acids is 1. The minimum absolute atomic E-state index is 0.114. The number of nitrogens with one attached hydrogen (secondary N) is 1. The standard InChI is InChI=1S/C21H22N4O2/c1-14-2-4-15(5-3-14)18-8-9-21(27)25(24-18)13-20(26)23-17-7-6-16-10-11-22-19(16)12-17/h4,6-9,11-12,14H,2-3,5,10,13H2,1H3,(H,23,26). The molecule has 0 radical (unpaired) electrons. The number of fused-ring (bicyclic) bond motifs is 1. The lowest BCUT2D eigenvalue weighted by molar-refractivity contribution is -0.117. The molecule has 0 fully saturated rings. The number of aromatic nitrogens is 2. The van der Waals surface area contributed by atoms with Crippen LogP contribution in [-0.2, 0) is 17.8 Å². The number of hydrogen-bond acceptors (Lipinski definition) is 4. The summed E-state index contributed by atoms with van der Waals surface area (Å²) in [7, 11) is 0. The Kier molecular flexibility index (Phi) is 4.71. The van der Waals surface area contributed by atoms with Crippen molar-refractivity contribution < 1.29 is 4.79 Å². The number of carbonyl (C=O) groups is 1. The van der Waals surface area contributed by atoms with E-state index in [1.54, 1.807) is 6.07 Å². The van der Waals surface area contributed by atoms with Crippen LogP contribution < -0.4 is 10.9 Å². The summed E-state index contributed by atoms with van der Waals surface area (Å²) in [6, 6.07) is 8.89. The summed E-state index contributed by atoms with van der Waals surface area (Å²) < 4.78 is 1.23. The van der Waals surface area contributed by atoms with Crippen LogP contribution in [0.5, 0.6) is 0 Å². The predicted molar refractivity (Wildman–Crippen MR) is 106 cm³/mol. The zero-order chi connectivity index (χ0) is 18.8. The molecule has 1 aliphatic heterocycles. The first-order valence-electron chi connectivity index (χ1n) is 9.31. The zero-order valence-electron chi connectivity index (χ0n) is 15.3. The van der Waals surface area contributed by atoms with Gasteiger partial charge >= 0.3 is 0 Å². The van der Waals surface area contributed by atoms with Crippen LogP contribution in [-0.4, -0.2) is 21.9 Å². The highest BCUT2D eigenvalue weighted by atomic mass is 16.2. The van der Waals surface area contributed by atoms with Crippen molar-refractivity contribution >= 4 is 29.1 Å². The van der Waals surface area contributed by atoms with E-state index >= 15 is 0 Å². The van der Waals surface area contributed by atoms with Crippen LogP contribution >= 0.6 is 0 Å². The number of allylic oxidation sites excluding steroid dienone is 2. The van der Waals surface area contributed by atoms with Gasteiger partial charge in [-0.2, -0.15) is 5.10 Å². The average Bonchev–Trinajstić information content (AvgIpc) is 3.12. The molecule has 2 aliphatic rings. The highest BCUT2D eigenvalue weighted by molar-refractivity contribution is 5.91. The summed E-state index contributed by atoms with van der Waals surface area (Å²) in [4.78, 5) is 28.8. The maximum Gasteiger partial charge on any atom is 0.267 e. The topological polar surface area (TPSA) is 76.3 Å². The van der Waals surface area contributed by atoms with Crippen molar-refractivity contribution in [1.82, 2.24) is 9.78 Å². The molecule has 0 saturated heterocycles. The van der Waals surface area contributed by atoms with Crippen molar-refractivity contribution in [3.8, 4) is 0 Å². The molecule has 1 unspecified atom stereocenters. The Balaban J connectivity index is 1.48. The molecule has 1 N–H and O–H groups in total. The third kappa shape index (κ3) is 3.89. The lowest BCUT2D eigenvalue weighted by Gasteiger charge is -2.18. The molecule has 2 aromatic rings. The van der Waals surface area contributed by atoms with Crippen molar-refractivity contribution in [2.75, 3.05) is 5.32 Å². The minimum atomic E-state index is -0.282. The van der Waals surface area contributed by atoms with Gasteiger partial charge in [-0.3, -0.25) is 14.6 Å². The number of aliphatic imine (C=N–C) groups is 1. The number of rotatable bonds is 4. The molecule has 1 aliphatic carbocycles. The Hall–Kier alpha value is -3.02. The maximum atomic E-state index is 12.4. The van der Waals surface area contributed by atoms with Gasteiger partial charge in [0.1, 0.15) is 6.54 Å². The third-order valence-electron chi connectivity index (χ3n) is 5.07. The van der Waals surface area contributed by atoms with Gasteiger partial charge < -0.3 is 5.32 Å². The highest BCUT2D eigenvalue weighted by Gasteiger charge is 2.15. The van der Waals surface area contributed by atoms with Gasteiger partial charge in [0.25, 0.3) is 5.56 Å². The molecule has 6 nitrogen and oxygen atoms in total. The maximum absolute atomic E-state index is 12.4. The highest BCUT2D eigenvalue weighted by Crippen LogP contribution is 2.29. The predicted octanol–water partition coefficient (Wildman–Crippen LogP) is 3.34. The van der Waals surface area contributed by atoms with E-state index in [0.29, 0.717) is 11.6 Å². The van der Waals surface area contributed by atoms with Crippen molar-refractivity contribution in [2.24, 2.45) is 10.9 Å². The summed E-state index contributed by atoms with van der Waals surface area (Å²) in [6.45, 7) is 2.12. The minimum Gasteiger partial charge on any atom is -0.324 e. The van der Waals surface area contributed by atoms with Crippen molar-refractivity contribution in [2.45, 2.75) is 39.2 Å². The smallest absolute Gasteiger partial charge is 0.267 e. The molecule has 0 bridgehead atoms. The van der Waals surface area contributed by atoms with Crippen molar-refractivity contribution in [1.29, 1.82) is 0 Å². The van der Waals surface area contributed by atoms with Gasteiger partial charge in [0, 0.05) is 24.4 Å². The molecule has 1 aromatic heterocycles. The molecule has 1 amide bonds. The molecule has 4 rings (SSSR count). The molecule has 1 aromatic carbocycles. The van der Waals surface area contributed by atoms with Gasteiger partial charge in [-0.25, -0.2) is 4.68 Å². The fourth-order valence-corrected chi connectivity index (χ4v) is 3.44. The first-order valence-corrected chi connectivity index (χ1v) is 9.31. The lowest BCUT2D eigenvalue weighted by Crippen LogP contribution is -2.29. The van der Waals surface area contributed by atoms with E-state index in [2.05, 4.69) is 28.4 Å². The molecule has 27 heavy (non-hydrogen) atoms. The Bertz CT molecular complexity index is 1000. The number of nitrogens with zero attached hydrogens (tertiary/aromatic N) is 3. The Labute approximate surface area is 157 Å². The number of hydrogen-bond donors (Lipinski definition) is 1. The molecular formula is C21H22N4O2. The molecule has 138 valence electrons. The largest absolute Gasteiger partial charge is 0.324 e. The summed E-state index contributed by atoms with van der Waals surface area (Å²) in [6.07, 6.45) is 7.96. The van der Waals surface area contributed by atoms with Crippen LogP contribution in [0.25, 0.3) is 5.57 Å². The first kappa shape index (κ1) is 17.4. The molecule has 6 heteroatoms. The molecular weight excluding hydrogens is 340 g/mol. The fourth-order valence-electron chi connectivity index (χ4n) is 3.44. The number of anilines is 1. The second kappa shape index (κ2) is 7.31. The van der Waals surface area contributed by atoms with E-state index in [1.807, 2.05) is 24.4 Å². The van der Waals surface area contributed by atoms with Crippen LogP contribution in [0.3, 0.4) is 0 Å². The Morgan fingerprint density at radius 3 is 3.00 bits per heavy atom. The van der Waals surface area contributed by atoms with Crippen LogP contribution in [0.1, 0.15) is 37.4 Å². The van der Waals surface area contributed by atoms with Crippen molar-refractivity contribution in [3.05, 3.63) is 58.0 Å². The van der Waals surface area contributed by atoms with Gasteiger partial charge in [-0.05, 0) is 54.5 Å². The summed E-state index contributed by atoms with van der Waals surface area (Å²) in [5, 5.41) is 7.24. The van der Waals surface area contributed by atoms with E-state index in [1.165, 1.54) is 10.7 Å². The van der Waals surface area contributed by atoms with Gasteiger partial charge in [0.05, 0.1) is 11.4 Å². The van der Waals surface area contributed by atoms with Crippen molar-refractivity contribution in [3.63, 3.8) is 0 Å². The normalized spacial score (nSPS) is 18.1. The molecule has 1 atom stereocenters. The van der Waals surface area contributed by atoms with Gasteiger partial charge in [0.15, 0.2) is 0 Å². The van der Waals surface area contributed by atoms with E-state index in [4.69, 9.17) is 0 Å². The van der Waals surface area contributed by atoms with Gasteiger partial charge in [-0.15, -0.1) is 0 Å². The summed E-state index contributed by atoms with van der Waals surface area (Å²) >= 11 is 0. The van der Waals surface area contributed by atoms with E-state index in [-0.39, 0.29) is 18.0 Å². The van der Waals surface area contributed by atoms with Crippen LogP contribution in [0.2, 0.25) is 0 Å². The van der Waals surface area contributed by atoms with Crippen LogP contribution in [0.4, 0.5) is 11.4 Å². The molecule has 0 saturated carbocycles. The number of benzene rings is 1. The van der Waals surface area contributed by atoms with Crippen LogP contribution in [0.15, 0.2) is 46.2 Å². The molecule has 2 heterocycles. The van der Waals surface area contributed by atoms with Crippen LogP contribution in [0, 0.1) is 5.92 Å². The molecule has 0 spiro atoms. The first-order chi connectivity index (χ1) is 13.1. The third-order valence-corrected chi connectivity index (χ3v) is 5.07. The van der Waals surface area contributed by atoms with E-state index in [0.717, 1.165) is 48.2 Å². The van der Waals surface area contributed by atoms with Gasteiger partial charge in [0.2, 0.25) is 5.91 Å². The lowest BCUT2D eigenvalue weighted by atomic mass is 9.90. The summed E-state index contributed by atoms with van der Waals surface area (Å²) in [5.74, 6) is 0.400. The van der Waals surface area contributed by atoms with Gasteiger partial charge in [-0.1, -0.05) is 19.1 Å². The SMILES string of the molecule is CC1CC=C(c2ccc(=O)n(CC(=O)Nc3ccc4c(c3)N=CC4)n2)CC1. The summed E-state index contributed by atoms with van der Waals surface area (Å²) in [5.41, 5.74) is 4.35.